The SMILES string of the molecule is CCCCCCCCCCCCCCCCCC(=O)OCCOC(=O)CCCCCCCCCCCCCCCCC.N. The van der Waals surface area contributed by atoms with E-state index < -0.39 is 0 Å². The smallest absolute Gasteiger partial charge is 0.305 e. The Morgan fingerprint density at radius 2 is 0.512 bits per heavy atom. The molecule has 0 saturated carbocycles. The summed E-state index contributed by atoms with van der Waals surface area (Å²) in [6.45, 7) is 4.92. The van der Waals surface area contributed by atoms with E-state index in [9.17, 15) is 9.59 Å². The minimum atomic E-state index is -0.164. The second-order valence-electron chi connectivity index (χ2n) is 12.8. The van der Waals surface area contributed by atoms with Crippen LogP contribution in [0.25, 0.3) is 0 Å². The average Bonchev–Trinajstić information content (AvgIpc) is 2.99. The highest BCUT2D eigenvalue weighted by Crippen LogP contribution is 2.15. The van der Waals surface area contributed by atoms with Crippen molar-refractivity contribution in [2.75, 3.05) is 13.2 Å². The van der Waals surface area contributed by atoms with Crippen LogP contribution >= 0.6 is 0 Å². The first-order valence-corrected chi connectivity index (χ1v) is 19.0. The maximum absolute atomic E-state index is 11.9. The minimum absolute atomic E-state index is 0. The summed E-state index contributed by atoms with van der Waals surface area (Å²) in [7, 11) is 0. The van der Waals surface area contributed by atoms with E-state index >= 15 is 0 Å². The van der Waals surface area contributed by atoms with E-state index in [1.165, 1.54) is 167 Å². The number of hydrogen-bond acceptors (Lipinski definition) is 5. The molecular formula is C38H77NO4. The summed E-state index contributed by atoms with van der Waals surface area (Å²) in [5, 5.41) is 0. The van der Waals surface area contributed by atoms with Gasteiger partial charge in [0.05, 0.1) is 0 Å². The van der Waals surface area contributed by atoms with E-state index in [1.54, 1.807) is 0 Å². The van der Waals surface area contributed by atoms with Gasteiger partial charge >= 0.3 is 11.9 Å². The zero-order chi connectivity index (χ0) is 30.6. The first-order valence-electron chi connectivity index (χ1n) is 19.0. The minimum Gasteiger partial charge on any atom is -0.462 e. The fraction of sp³-hybridized carbons (Fsp3) is 0.947. The van der Waals surface area contributed by atoms with Crippen molar-refractivity contribution in [1.82, 2.24) is 6.15 Å². The lowest BCUT2D eigenvalue weighted by atomic mass is 10.0. The number of carbonyl (C=O) groups excluding carboxylic acids is 2. The van der Waals surface area contributed by atoms with Gasteiger partial charge in [-0.25, -0.2) is 0 Å². The number of hydrogen-bond donors (Lipinski definition) is 1. The molecular weight excluding hydrogens is 534 g/mol. The summed E-state index contributed by atoms with van der Waals surface area (Å²) in [6.07, 6.45) is 40.5. The van der Waals surface area contributed by atoms with Crippen LogP contribution in [0.4, 0.5) is 0 Å². The van der Waals surface area contributed by atoms with Gasteiger partial charge in [-0.3, -0.25) is 9.59 Å². The quantitative estimate of drug-likeness (QED) is 0.0569. The molecule has 0 aromatic carbocycles. The van der Waals surface area contributed by atoms with Gasteiger partial charge in [0.2, 0.25) is 0 Å². The Kier molecular flexibility index (Phi) is 39.9. The van der Waals surface area contributed by atoms with Gasteiger partial charge in [0.25, 0.3) is 0 Å². The lowest BCUT2D eigenvalue weighted by molar-refractivity contribution is -0.152. The fourth-order valence-electron chi connectivity index (χ4n) is 5.74. The Bertz CT molecular complexity index is 506. The highest BCUT2D eigenvalue weighted by molar-refractivity contribution is 5.70. The summed E-state index contributed by atoms with van der Waals surface area (Å²) in [5.74, 6) is -0.327. The zero-order valence-corrected chi connectivity index (χ0v) is 29.4. The predicted octanol–water partition coefficient (Wildman–Crippen LogP) is 12.8. The van der Waals surface area contributed by atoms with Crippen LogP contribution in [-0.4, -0.2) is 25.2 Å². The van der Waals surface area contributed by atoms with Gasteiger partial charge in [0.1, 0.15) is 13.2 Å². The van der Waals surface area contributed by atoms with Crippen LogP contribution in [0.5, 0.6) is 0 Å². The van der Waals surface area contributed by atoms with Crippen molar-refractivity contribution < 1.29 is 19.1 Å². The van der Waals surface area contributed by atoms with Crippen LogP contribution in [0, 0.1) is 0 Å². The first kappa shape index (κ1) is 44.0. The Hall–Kier alpha value is -1.10. The van der Waals surface area contributed by atoms with Crippen molar-refractivity contribution in [2.45, 2.75) is 219 Å². The molecule has 0 radical (unpaired) electrons. The molecule has 0 amide bonds. The first-order chi connectivity index (χ1) is 20.7. The molecule has 0 aromatic rings. The van der Waals surface area contributed by atoms with Crippen LogP contribution in [0.1, 0.15) is 219 Å². The molecule has 0 heterocycles. The third-order valence-electron chi connectivity index (χ3n) is 8.58. The molecule has 0 unspecified atom stereocenters. The molecule has 5 nitrogen and oxygen atoms in total. The van der Waals surface area contributed by atoms with Crippen molar-refractivity contribution in [3.05, 3.63) is 0 Å². The largest absolute Gasteiger partial charge is 0.462 e. The summed E-state index contributed by atoms with van der Waals surface area (Å²) in [5.41, 5.74) is 0. The van der Waals surface area contributed by atoms with Gasteiger partial charge in [-0.1, -0.05) is 194 Å². The number of unbranched alkanes of at least 4 members (excludes halogenated alkanes) is 28. The van der Waals surface area contributed by atoms with Crippen LogP contribution in [0.15, 0.2) is 0 Å². The Morgan fingerprint density at radius 3 is 0.721 bits per heavy atom. The number of ether oxygens (including phenoxy) is 2. The standard InChI is InChI=1S/C38H74O4.H3N/c1-3-5-7-9-11-13-15-17-19-21-23-25-27-29-31-33-37(39)41-35-36-42-38(40)34-32-30-28-26-24-22-20-18-16-14-12-10-8-6-4-2;/h3-36H2,1-2H3;1H3. The third kappa shape index (κ3) is 38.9. The lowest BCUT2D eigenvalue weighted by Gasteiger charge is -2.07. The zero-order valence-electron chi connectivity index (χ0n) is 29.4. The molecule has 0 aromatic heterocycles. The van der Waals surface area contributed by atoms with Crippen molar-refractivity contribution in [3.63, 3.8) is 0 Å². The second-order valence-corrected chi connectivity index (χ2v) is 12.8. The molecule has 258 valence electrons. The fourth-order valence-corrected chi connectivity index (χ4v) is 5.74. The second kappa shape index (κ2) is 38.9. The van der Waals surface area contributed by atoms with Crippen LogP contribution in [-0.2, 0) is 19.1 Å². The normalized spacial score (nSPS) is 10.9. The van der Waals surface area contributed by atoms with Gasteiger partial charge in [0.15, 0.2) is 0 Å². The van der Waals surface area contributed by atoms with Crippen LogP contribution in [0.2, 0.25) is 0 Å². The third-order valence-corrected chi connectivity index (χ3v) is 8.58. The molecule has 0 atom stereocenters. The molecule has 0 rings (SSSR count). The van der Waals surface area contributed by atoms with E-state index in [0.717, 1.165) is 25.7 Å². The van der Waals surface area contributed by atoms with E-state index in [2.05, 4.69) is 13.8 Å². The summed E-state index contributed by atoms with van der Waals surface area (Å²) in [4.78, 5) is 23.8. The van der Waals surface area contributed by atoms with Gasteiger partial charge < -0.3 is 15.6 Å². The number of rotatable bonds is 35. The molecule has 0 aliphatic rings. The molecule has 3 N–H and O–H groups in total. The van der Waals surface area contributed by atoms with E-state index in [-0.39, 0.29) is 31.3 Å². The van der Waals surface area contributed by atoms with Gasteiger partial charge in [-0.2, -0.15) is 0 Å². The monoisotopic (exact) mass is 612 g/mol. The van der Waals surface area contributed by atoms with Crippen LogP contribution in [0.3, 0.4) is 0 Å². The van der Waals surface area contributed by atoms with Gasteiger partial charge in [0, 0.05) is 12.8 Å². The Labute approximate surface area is 269 Å². The van der Waals surface area contributed by atoms with E-state index in [4.69, 9.17) is 9.47 Å². The number of carbonyl (C=O) groups is 2. The number of esters is 2. The molecule has 0 fully saturated rings. The molecule has 0 aliphatic heterocycles. The van der Waals surface area contributed by atoms with Crippen molar-refractivity contribution in [3.8, 4) is 0 Å². The highest BCUT2D eigenvalue weighted by atomic mass is 16.6. The maximum Gasteiger partial charge on any atom is 0.305 e. The summed E-state index contributed by atoms with van der Waals surface area (Å²) in [6, 6.07) is 0. The molecule has 0 bridgehead atoms. The van der Waals surface area contributed by atoms with E-state index in [1.807, 2.05) is 0 Å². The molecule has 43 heavy (non-hydrogen) atoms. The van der Waals surface area contributed by atoms with Crippen molar-refractivity contribution in [2.24, 2.45) is 0 Å². The molecule has 0 saturated heterocycles. The van der Waals surface area contributed by atoms with E-state index in [0.29, 0.717) is 12.8 Å². The topological polar surface area (TPSA) is 87.6 Å². The summed E-state index contributed by atoms with van der Waals surface area (Å²) >= 11 is 0. The lowest BCUT2D eigenvalue weighted by Crippen LogP contribution is -2.13. The molecule has 0 aliphatic carbocycles. The van der Waals surface area contributed by atoms with Gasteiger partial charge in [-0.05, 0) is 12.8 Å². The Morgan fingerprint density at radius 1 is 0.326 bits per heavy atom. The van der Waals surface area contributed by atoms with Crippen molar-refractivity contribution in [1.29, 1.82) is 0 Å². The molecule has 0 spiro atoms. The Balaban J connectivity index is 0. The predicted molar refractivity (Wildman–Crippen MR) is 186 cm³/mol. The average molecular weight is 612 g/mol. The summed E-state index contributed by atoms with van der Waals surface area (Å²) < 4.78 is 10.5. The van der Waals surface area contributed by atoms with Crippen molar-refractivity contribution >= 4 is 11.9 Å². The highest BCUT2D eigenvalue weighted by Gasteiger charge is 2.06. The maximum atomic E-state index is 11.9. The molecule has 5 heteroatoms. The van der Waals surface area contributed by atoms with Gasteiger partial charge in [-0.15, -0.1) is 0 Å². The van der Waals surface area contributed by atoms with Crippen LogP contribution < -0.4 is 6.15 Å².